The normalized spacial score (nSPS) is 10.3. The van der Waals surface area contributed by atoms with Gasteiger partial charge in [-0.15, -0.1) is 10.2 Å². The number of benzene rings is 1. The summed E-state index contributed by atoms with van der Waals surface area (Å²) in [6.45, 7) is 1.95. The molecule has 0 bridgehead atoms. The van der Waals surface area contributed by atoms with Crippen molar-refractivity contribution >= 4 is 11.6 Å². The maximum absolute atomic E-state index is 5.90. The van der Waals surface area contributed by atoms with Crippen LogP contribution in [0, 0.1) is 6.92 Å². The second kappa shape index (κ2) is 4.31. The van der Waals surface area contributed by atoms with Gasteiger partial charge in [0, 0.05) is 6.92 Å². The van der Waals surface area contributed by atoms with Crippen LogP contribution in [0.1, 0.15) is 11.8 Å². The fraction of sp³-hybridized carbons (Fsp3) is 0.200. The maximum Gasteiger partial charge on any atom is 0.253 e. The Kier molecular flexibility index (Phi) is 2.87. The zero-order valence-corrected chi connectivity index (χ0v) is 8.86. The zero-order chi connectivity index (χ0) is 10.7. The average Bonchev–Trinajstić information content (AvgIpc) is 2.63. The maximum atomic E-state index is 5.90. The third-order valence-corrected chi connectivity index (χ3v) is 2.07. The molecule has 15 heavy (non-hydrogen) atoms. The predicted molar refractivity (Wildman–Crippen MR) is 54.8 cm³/mol. The molecule has 2 rings (SSSR count). The van der Waals surface area contributed by atoms with Crippen molar-refractivity contribution in [2.24, 2.45) is 0 Å². The summed E-state index contributed by atoms with van der Waals surface area (Å²) in [5, 5.41) is 8.06. The van der Waals surface area contributed by atoms with E-state index in [0.29, 0.717) is 22.6 Å². The molecule has 1 aromatic heterocycles. The summed E-state index contributed by atoms with van der Waals surface area (Å²) in [6, 6.07) is 7.23. The standard InChI is InChI=1S/C10H9ClN2O2/c1-7-12-13-10(15-7)6-14-9-5-3-2-4-8(9)11/h2-5H,6H2,1H3. The van der Waals surface area contributed by atoms with Crippen molar-refractivity contribution in [1.29, 1.82) is 0 Å². The van der Waals surface area contributed by atoms with E-state index in [-0.39, 0.29) is 6.61 Å². The summed E-state index contributed by atoms with van der Waals surface area (Å²) >= 11 is 5.90. The Bertz CT molecular complexity index is 456. The Morgan fingerprint density at radius 3 is 2.80 bits per heavy atom. The molecule has 5 heteroatoms. The SMILES string of the molecule is Cc1nnc(COc2ccccc2Cl)o1. The van der Waals surface area contributed by atoms with Gasteiger partial charge < -0.3 is 9.15 Å². The van der Waals surface area contributed by atoms with Gasteiger partial charge in [-0.2, -0.15) is 0 Å². The van der Waals surface area contributed by atoms with Crippen molar-refractivity contribution in [3.8, 4) is 5.75 Å². The lowest BCUT2D eigenvalue weighted by Gasteiger charge is -2.04. The van der Waals surface area contributed by atoms with Crippen LogP contribution in [-0.2, 0) is 6.61 Å². The van der Waals surface area contributed by atoms with E-state index in [1.807, 2.05) is 12.1 Å². The largest absolute Gasteiger partial charge is 0.482 e. The Balaban J connectivity index is 2.02. The third kappa shape index (κ3) is 2.47. The third-order valence-electron chi connectivity index (χ3n) is 1.76. The smallest absolute Gasteiger partial charge is 0.253 e. The van der Waals surface area contributed by atoms with E-state index < -0.39 is 0 Å². The van der Waals surface area contributed by atoms with Crippen LogP contribution in [0.4, 0.5) is 0 Å². The van der Waals surface area contributed by atoms with Gasteiger partial charge in [-0.3, -0.25) is 0 Å². The number of aryl methyl sites for hydroxylation is 1. The molecule has 1 heterocycles. The summed E-state index contributed by atoms with van der Waals surface area (Å²) in [5.74, 6) is 1.56. The minimum atomic E-state index is 0.227. The van der Waals surface area contributed by atoms with E-state index in [0.717, 1.165) is 0 Å². The number of nitrogens with zero attached hydrogens (tertiary/aromatic N) is 2. The molecule has 4 nitrogen and oxygen atoms in total. The van der Waals surface area contributed by atoms with E-state index in [1.165, 1.54) is 0 Å². The Morgan fingerprint density at radius 1 is 1.33 bits per heavy atom. The molecule has 2 aromatic rings. The molecular weight excluding hydrogens is 216 g/mol. The van der Waals surface area contributed by atoms with E-state index in [9.17, 15) is 0 Å². The van der Waals surface area contributed by atoms with E-state index in [2.05, 4.69) is 10.2 Å². The molecule has 0 aliphatic heterocycles. The molecular formula is C10H9ClN2O2. The van der Waals surface area contributed by atoms with E-state index in [4.69, 9.17) is 20.8 Å². The second-order valence-electron chi connectivity index (χ2n) is 2.93. The molecule has 0 spiro atoms. The van der Waals surface area contributed by atoms with Crippen LogP contribution < -0.4 is 4.74 Å². The van der Waals surface area contributed by atoms with Crippen LogP contribution in [0.5, 0.6) is 5.75 Å². The average molecular weight is 225 g/mol. The van der Waals surface area contributed by atoms with Gasteiger partial charge in [0.25, 0.3) is 5.89 Å². The number of rotatable bonds is 3. The van der Waals surface area contributed by atoms with E-state index in [1.54, 1.807) is 19.1 Å². The molecule has 0 unspecified atom stereocenters. The summed E-state index contributed by atoms with van der Waals surface area (Å²) in [7, 11) is 0. The van der Waals surface area contributed by atoms with Crippen LogP contribution in [0.3, 0.4) is 0 Å². The fourth-order valence-corrected chi connectivity index (χ4v) is 1.29. The Hall–Kier alpha value is -1.55. The fourth-order valence-electron chi connectivity index (χ4n) is 1.10. The highest BCUT2D eigenvalue weighted by molar-refractivity contribution is 6.32. The van der Waals surface area contributed by atoms with Crippen molar-refractivity contribution in [2.75, 3.05) is 0 Å². The highest BCUT2D eigenvalue weighted by Gasteiger charge is 2.04. The molecule has 0 radical (unpaired) electrons. The number of hydrogen-bond acceptors (Lipinski definition) is 4. The minimum absolute atomic E-state index is 0.227. The highest BCUT2D eigenvalue weighted by atomic mass is 35.5. The van der Waals surface area contributed by atoms with Crippen molar-refractivity contribution < 1.29 is 9.15 Å². The lowest BCUT2D eigenvalue weighted by molar-refractivity contribution is 0.260. The van der Waals surface area contributed by atoms with Crippen LogP contribution in [0.15, 0.2) is 28.7 Å². The van der Waals surface area contributed by atoms with Gasteiger partial charge in [0.15, 0.2) is 6.61 Å². The first kappa shape index (κ1) is 9.98. The molecule has 0 saturated heterocycles. The van der Waals surface area contributed by atoms with Gasteiger partial charge in [-0.05, 0) is 12.1 Å². The van der Waals surface area contributed by atoms with Gasteiger partial charge in [0.2, 0.25) is 5.89 Å². The summed E-state index contributed by atoms with van der Waals surface area (Å²) < 4.78 is 10.6. The quantitative estimate of drug-likeness (QED) is 0.804. The number of hydrogen-bond donors (Lipinski definition) is 0. The second-order valence-corrected chi connectivity index (χ2v) is 3.34. The van der Waals surface area contributed by atoms with Gasteiger partial charge in [0.05, 0.1) is 5.02 Å². The van der Waals surface area contributed by atoms with E-state index >= 15 is 0 Å². The van der Waals surface area contributed by atoms with Gasteiger partial charge >= 0.3 is 0 Å². The summed E-state index contributed by atoms with van der Waals surface area (Å²) in [5.41, 5.74) is 0. The molecule has 0 aliphatic carbocycles. The van der Waals surface area contributed by atoms with Gasteiger partial charge in [0.1, 0.15) is 5.75 Å². The molecule has 0 atom stereocenters. The number of halogens is 1. The number of ether oxygens (including phenoxy) is 1. The molecule has 0 fully saturated rings. The molecule has 0 amide bonds. The van der Waals surface area contributed by atoms with Gasteiger partial charge in [-0.25, -0.2) is 0 Å². The van der Waals surface area contributed by atoms with Crippen LogP contribution in [0.2, 0.25) is 5.02 Å². The van der Waals surface area contributed by atoms with Crippen molar-refractivity contribution in [2.45, 2.75) is 13.5 Å². The molecule has 0 N–H and O–H groups in total. The lowest BCUT2D eigenvalue weighted by atomic mass is 10.3. The van der Waals surface area contributed by atoms with Crippen LogP contribution in [-0.4, -0.2) is 10.2 Å². The Morgan fingerprint density at radius 2 is 2.13 bits per heavy atom. The first-order valence-corrected chi connectivity index (χ1v) is 4.80. The van der Waals surface area contributed by atoms with Crippen LogP contribution in [0.25, 0.3) is 0 Å². The molecule has 1 aromatic carbocycles. The zero-order valence-electron chi connectivity index (χ0n) is 8.11. The first-order valence-electron chi connectivity index (χ1n) is 4.42. The highest BCUT2D eigenvalue weighted by Crippen LogP contribution is 2.23. The van der Waals surface area contributed by atoms with Crippen molar-refractivity contribution in [3.05, 3.63) is 41.1 Å². The topological polar surface area (TPSA) is 48.2 Å². The predicted octanol–water partition coefficient (Wildman–Crippen LogP) is 2.61. The van der Waals surface area contributed by atoms with Crippen LogP contribution >= 0.6 is 11.6 Å². The molecule has 0 aliphatic rings. The summed E-state index contributed by atoms with van der Waals surface area (Å²) in [6.07, 6.45) is 0. The molecule has 78 valence electrons. The lowest BCUT2D eigenvalue weighted by Crippen LogP contribution is -1.95. The monoisotopic (exact) mass is 224 g/mol. The first-order chi connectivity index (χ1) is 7.25. The minimum Gasteiger partial charge on any atom is -0.482 e. The number of para-hydroxylation sites is 1. The Labute approximate surface area is 91.8 Å². The number of aromatic nitrogens is 2. The molecule has 0 saturated carbocycles. The van der Waals surface area contributed by atoms with Crippen molar-refractivity contribution in [1.82, 2.24) is 10.2 Å². The van der Waals surface area contributed by atoms with Crippen molar-refractivity contribution in [3.63, 3.8) is 0 Å². The van der Waals surface area contributed by atoms with Gasteiger partial charge in [-0.1, -0.05) is 23.7 Å². The summed E-state index contributed by atoms with van der Waals surface area (Å²) in [4.78, 5) is 0.